The van der Waals surface area contributed by atoms with E-state index in [0.29, 0.717) is 35.4 Å². The fraction of sp³-hybridized carbons (Fsp3) is 0.385. The van der Waals surface area contributed by atoms with Gasteiger partial charge in [-0.25, -0.2) is 9.59 Å². The highest BCUT2D eigenvalue weighted by atomic mass is 32.2. The van der Waals surface area contributed by atoms with Crippen molar-refractivity contribution in [3.8, 4) is 0 Å². The van der Waals surface area contributed by atoms with Gasteiger partial charge < -0.3 is 10.1 Å². The molecule has 3 rings (SSSR count). The zero-order chi connectivity index (χ0) is 14.3. The number of carboxylic acid groups (broad SMARTS) is 1. The van der Waals surface area contributed by atoms with Crippen molar-refractivity contribution >= 4 is 27.8 Å². The molecule has 6 nitrogen and oxygen atoms in total. The zero-order valence-corrected chi connectivity index (χ0v) is 11.5. The summed E-state index contributed by atoms with van der Waals surface area (Å²) in [5.41, 5.74) is 1.15. The molecule has 0 unspecified atom stereocenters. The quantitative estimate of drug-likeness (QED) is 0.868. The maximum absolute atomic E-state index is 12.1. The third-order valence-electron chi connectivity index (χ3n) is 3.69. The first-order valence-corrected chi connectivity index (χ1v) is 7.87. The Morgan fingerprint density at radius 2 is 2.05 bits per heavy atom. The van der Waals surface area contributed by atoms with Crippen molar-refractivity contribution in [3.05, 3.63) is 34.2 Å². The van der Waals surface area contributed by atoms with Gasteiger partial charge in [-0.05, 0) is 31.0 Å². The Morgan fingerprint density at radius 1 is 1.35 bits per heavy atom. The molecule has 1 aromatic carbocycles. The van der Waals surface area contributed by atoms with Gasteiger partial charge in [-0.2, -0.15) is 0 Å². The summed E-state index contributed by atoms with van der Waals surface area (Å²) in [5.74, 6) is 0.196. The Balaban J connectivity index is 2.07. The molecule has 106 valence electrons. The van der Waals surface area contributed by atoms with E-state index in [0.717, 1.165) is 0 Å². The van der Waals surface area contributed by atoms with Crippen molar-refractivity contribution in [2.45, 2.75) is 18.9 Å². The summed E-state index contributed by atoms with van der Waals surface area (Å²) in [6.07, 6.45) is 1.42. The Morgan fingerprint density at radius 3 is 2.70 bits per heavy atom. The number of benzene rings is 1. The minimum absolute atomic E-state index is 0.0321. The topological polar surface area (TPSA) is 92.2 Å². The lowest BCUT2D eigenvalue weighted by Crippen LogP contribution is -2.28. The minimum Gasteiger partial charge on any atom is -0.478 e. The summed E-state index contributed by atoms with van der Waals surface area (Å²) >= 11 is 0. The van der Waals surface area contributed by atoms with Gasteiger partial charge in [0.2, 0.25) is 0 Å². The van der Waals surface area contributed by atoms with Crippen LogP contribution in [0.1, 0.15) is 29.2 Å². The average Bonchev–Trinajstić information content (AvgIpc) is 2.74. The Bertz CT molecular complexity index is 751. The normalized spacial score (nSPS) is 23.0. The number of aromatic amines is 1. The van der Waals surface area contributed by atoms with Gasteiger partial charge in [-0.15, -0.1) is 0 Å². The number of nitrogens with one attached hydrogen (secondary N) is 1. The fourth-order valence-corrected chi connectivity index (χ4v) is 3.94. The first kappa shape index (κ1) is 13.1. The minimum atomic E-state index is -1.02. The Labute approximate surface area is 116 Å². The molecule has 1 fully saturated rings. The summed E-state index contributed by atoms with van der Waals surface area (Å²) < 4.78 is 13.1. The van der Waals surface area contributed by atoms with Crippen molar-refractivity contribution in [3.63, 3.8) is 0 Å². The van der Waals surface area contributed by atoms with Crippen LogP contribution in [0.2, 0.25) is 0 Å². The number of aromatic carboxylic acids is 1. The molecule has 0 saturated carbocycles. The maximum Gasteiger partial charge on any atom is 0.335 e. The van der Waals surface area contributed by atoms with Gasteiger partial charge in [-0.3, -0.25) is 8.78 Å². The monoisotopic (exact) mass is 294 g/mol. The molecular weight excluding hydrogens is 280 g/mol. The molecule has 0 bridgehead atoms. The molecule has 0 aliphatic carbocycles. The lowest BCUT2D eigenvalue weighted by molar-refractivity contribution is 0.0697. The molecule has 20 heavy (non-hydrogen) atoms. The molecule has 1 aromatic heterocycles. The number of rotatable bonds is 2. The number of hydrogen-bond donors (Lipinski definition) is 2. The summed E-state index contributed by atoms with van der Waals surface area (Å²) in [7, 11) is -0.776. The van der Waals surface area contributed by atoms with Gasteiger partial charge in [0, 0.05) is 28.3 Å². The molecule has 0 atom stereocenters. The Kier molecular flexibility index (Phi) is 3.21. The van der Waals surface area contributed by atoms with Crippen molar-refractivity contribution < 1.29 is 14.1 Å². The number of carboxylic acids is 1. The third kappa shape index (κ3) is 2.18. The van der Waals surface area contributed by atoms with Gasteiger partial charge in [0.25, 0.3) is 0 Å². The number of nitrogens with zero attached hydrogens (tertiary/aromatic N) is 1. The van der Waals surface area contributed by atoms with E-state index in [4.69, 9.17) is 5.11 Å². The first-order valence-electron chi connectivity index (χ1n) is 6.39. The van der Waals surface area contributed by atoms with E-state index in [1.807, 2.05) is 0 Å². The largest absolute Gasteiger partial charge is 0.478 e. The van der Waals surface area contributed by atoms with Gasteiger partial charge in [0.1, 0.15) is 0 Å². The second-order valence-corrected chi connectivity index (χ2v) is 6.61. The molecule has 7 heteroatoms. The van der Waals surface area contributed by atoms with E-state index in [1.165, 1.54) is 12.1 Å². The smallest absolute Gasteiger partial charge is 0.335 e. The van der Waals surface area contributed by atoms with Gasteiger partial charge in [0.15, 0.2) is 0 Å². The van der Waals surface area contributed by atoms with E-state index >= 15 is 0 Å². The molecule has 1 saturated heterocycles. The lowest BCUT2D eigenvalue weighted by atomic mass is 10.1. The summed E-state index contributed by atoms with van der Waals surface area (Å²) in [4.78, 5) is 25.7. The van der Waals surface area contributed by atoms with Crippen LogP contribution in [0.15, 0.2) is 23.0 Å². The Hall–Kier alpha value is -1.89. The van der Waals surface area contributed by atoms with E-state index in [-0.39, 0.29) is 17.3 Å². The second kappa shape index (κ2) is 4.90. The molecule has 0 spiro atoms. The third-order valence-corrected chi connectivity index (χ3v) is 5.07. The fourth-order valence-electron chi connectivity index (χ4n) is 2.67. The van der Waals surface area contributed by atoms with Crippen LogP contribution in [0.4, 0.5) is 0 Å². The molecule has 1 aliphatic rings. The number of H-pyrrole nitrogens is 1. The lowest BCUT2D eigenvalue weighted by Gasteiger charge is -2.22. The SMILES string of the molecule is O=C(O)c1ccc2c(c1)[nH]c(=O)n2C1CCS(=O)CC1. The number of hydrogen-bond acceptors (Lipinski definition) is 3. The van der Waals surface area contributed by atoms with Crippen LogP contribution in [-0.2, 0) is 10.8 Å². The summed E-state index contributed by atoms with van der Waals surface area (Å²) in [6, 6.07) is 4.65. The standard InChI is InChI=1S/C13H14N2O4S/c16-12(17)8-1-2-11-10(7-8)14-13(18)15(11)9-3-5-20(19)6-4-9/h1-2,7,9H,3-6H2,(H,14,18)(H,16,17). The molecular formula is C13H14N2O4S. The van der Waals surface area contributed by atoms with E-state index < -0.39 is 16.8 Å². The first-order chi connectivity index (χ1) is 9.56. The van der Waals surface area contributed by atoms with E-state index in [9.17, 15) is 13.8 Å². The van der Waals surface area contributed by atoms with Gasteiger partial charge >= 0.3 is 11.7 Å². The van der Waals surface area contributed by atoms with Crippen molar-refractivity contribution in [2.24, 2.45) is 0 Å². The van der Waals surface area contributed by atoms with Crippen LogP contribution in [0, 0.1) is 0 Å². The summed E-state index contributed by atoms with van der Waals surface area (Å²) in [6.45, 7) is 0. The van der Waals surface area contributed by atoms with Crippen LogP contribution < -0.4 is 5.69 Å². The molecule has 2 aromatic rings. The summed E-state index contributed by atoms with van der Waals surface area (Å²) in [5, 5.41) is 8.97. The van der Waals surface area contributed by atoms with Gasteiger partial charge in [-0.1, -0.05) is 0 Å². The van der Waals surface area contributed by atoms with Crippen molar-refractivity contribution in [1.82, 2.24) is 9.55 Å². The van der Waals surface area contributed by atoms with Crippen LogP contribution >= 0.6 is 0 Å². The molecule has 1 aliphatic heterocycles. The maximum atomic E-state index is 12.1. The number of carbonyl (C=O) groups is 1. The molecule has 0 radical (unpaired) electrons. The van der Waals surface area contributed by atoms with E-state index in [2.05, 4.69) is 4.98 Å². The number of imidazole rings is 1. The number of fused-ring (bicyclic) bond motifs is 1. The van der Waals surface area contributed by atoms with Crippen LogP contribution in [0.3, 0.4) is 0 Å². The predicted octanol–water partition coefficient (Wildman–Crippen LogP) is 1.11. The molecule has 2 N–H and O–H groups in total. The van der Waals surface area contributed by atoms with E-state index in [1.54, 1.807) is 10.6 Å². The molecule has 2 heterocycles. The van der Waals surface area contributed by atoms with Crippen LogP contribution in [0.25, 0.3) is 11.0 Å². The zero-order valence-electron chi connectivity index (χ0n) is 10.7. The highest BCUT2D eigenvalue weighted by molar-refractivity contribution is 7.85. The second-order valence-electron chi connectivity index (χ2n) is 4.92. The highest BCUT2D eigenvalue weighted by Crippen LogP contribution is 2.25. The van der Waals surface area contributed by atoms with Crippen LogP contribution in [-0.4, -0.2) is 36.3 Å². The van der Waals surface area contributed by atoms with Crippen molar-refractivity contribution in [2.75, 3.05) is 11.5 Å². The van der Waals surface area contributed by atoms with Gasteiger partial charge in [0.05, 0.1) is 16.6 Å². The van der Waals surface area contributed by atoms with Crippen LogP contribution in [0.5, 0.6) is 0 Å². The highest BCUT2D eigenvalue weighted by Gasteiger charge is 2.23. The average molecular weight is 294 g/mol. The molecule has 0 amide bonds. The number of aromatic nitrogens is 2. The van der Waals surface area contributed by atoms with Crippen molar-refractivity contribution in [1.29, 1.82) is 0 Å². The predicted molar refractivity (Wildman–Crippen MR) is 75.7 cm³/mol.